The Bertz CT molecular complexity index is 693. The fraction of sp³-hybridized carbons (Fsp3) is 0.214. The largest absolute Gasteiger partial charge is 0.368 e. The molecule has 2 rings (SSSR count). The first-order valence-electron chi connectivity index (χ1n) is 6.10. The number of carbonyl (C=O) groups excluding carboxylic acids is 1. The van der Waals surface area contributed by atoms with Gasteiger partial charge in [-0.1, -0.05) is 31.2 Å². The summed E-state index contributed by atoms with van der Waals surface area (Å²) in [7, 11) is -3.90. The van der Waals surface area contributed by atoms with E-state index >= 15 is 0 Å². The lowest BCUT2D eigenvalue weighted by atomic mass is 10.0. The molecular formula is C14H15NO3S2. The van der Waals surface area contributed by atoms with Gasteiger partial charge in [-0.05, 0) is 30.0 Å². The molecule has 20 heavy (non-hydrogen) atoms. The lowest BCUT2D eigenvalue weighted by molar-refractivity contribution is -0.120. The average molecular weight is 309 g/mol. The third kappa shape index (κ3) is 2.05. The molecule has 0 saturated heterocycles. The second-order valence-electron chi connectivity index (χ2n) is 4.34. The van der Waals surface area contributed by atoms with Crippen LogP contribution in [0.1, 0.15) is 18.2 Å². The number of amides is 1. The summed E-state index contributed by atoms with van der Waals surface area (Å²) in [4.78, 5) is 12.6. The summed E-state index contributed by atoms with van der Waals surface area (Å²) in [6.07, 6.45) is 0.0973. The Morgan fingerprint density at radius 3 is 2.30 bits per heavy atom. The Hall–Kier alpha value is -1.66. The molecule has 6 heteroatoms. The van der Waals surface area contributed by atoms with Gasteiger partial charge in [-0.2, -0.15) is 0 Å². The molecule has 0 bridgehead atoms. The van der Waals surface area contributed by atoms with Crippen LogP contribution in [0.15, 0.2) is 52.7 Å². The van der Waals surface area contributed by atoms with Gasteiger partial charge in [-0.25, -0.2) is 8.42 Å². The Morgan fingerprint density at radius 2 is 1.85 bits per heavy atom. The van der Waals surface area contributed by atoms with Crippen LogP contribution in [-0.2, 0) is 19.4 Å². The third-order valence-electron chi connectivity index (χ3n) is 3.33. The van der Waals surface area contributed by atoms with Crippen molar-refractivity contribution in [3.05, 3.63) is 52.7 Å². The fourth-order valence-electron chi connectivity index (χ4n) is 2.23. The number of benzene rings is 1. The van der Waals surface area contributed by atoms with Crippen LogP contribution >= 0.6 is 11.3 Å². The Kier molecular flexibility index (Phi) is 3.96. The zero-order chi connectivity index (χ0) is 14.8. The van der Waals surface area contributed by atoms with E-state index in [0.717, 1.165) is 0 Å². The molecule has 1 heterocycles. The van der Waals surface area contributed by atoms with Crippen LogP contribution < -0.4 is 5.73 Å². The molecule has 0 aliphatic carbocycles. The second kappa shape index (κ2) is 5.38. The predicted molar refractivity (Wildman–Crippen MR) is 79.1 cm³/mol. The zero-order valence-electron chi connectivity index (χ0n) is 10.9. The monoisotopic (exact) mass is 309 g/mol. The third-order valence-corrected chi connectivity index (χ3v) is 7.01. The van der Waals surface area contributed by atoms with Gasteiger partial charge in [-0.15, -0.1) is 11.3 Å². The lowest BCUT2D eigenvalue weighted by Crippen LogP contribution is -2.46. The molecule has 0 radical (unpaired) electrons. The summed E-state index contributed by atoms with van der Waals surface area (Å²) in [5.41, 5.74) is 5.49. The molecule has 1 atom stereocenters. The predicted octanol–water partition coefficient (Wildman–Crippen LogP) is 2.31. The number of primary amides is 1. The summed E-state index contributed by atoms with van der Waals surface area (Å²) >= 11 is 1.22. The van der Waals surface area contributed by atoms with Gasteiger partial charge in [0, 0.05) is 4.88 Å². The van der Waals surface area contributed by atoms with Crippen LogP contribution in [0.5, 0.6) is 0 Å². The number of thiophene rings is 1. The van der Waals surface area contributed by atoms with E-state index in [0.29, 0.717) is 4.88 Å². The molecule has 2 aromatic rings. The van der Waals surface area contributed by atoms with Crippen molar-refractivity contribution in [2.24, 2.45) is 5.73 Å². The van der Waals surface area contributed by atoms with Crippen LogP contribution in [-0.4, -0.2) is 14.3 Å². The molecule has 0 aliphatic rings. The maximum absolute atomic E-state index is 12.9. The molecular weight excluding hydrogens is 294 g/mol. The molecule has 1 amide bonds. The molecule has 0 saturated carbocycles. The molecule has 0 aliphatic heterocycles. The van der Waals surface area contributed by atoms with E-state index < -0.39 is 20.5 Å². The normalized spacial score (nSPS) is 14.7. The topological polar surface area (TPSA) is 77.2 Å². The smallest absolute Gasteiger partial charge is 0.244 e. The van der Waals surface area contributed by atoms with Crippen molar-refractivity contribution in [3.63, 3.8) is 0 Å². The fourth-order valence-corrected chi connectivity index (χ4v) is 5.50. The maximum atomic E-state index is 12.9. The quantitative estimate of drug-likeness (QED) is 0.920. The Balaban J connectivity index is 2.74. The van der Waals surface area contributed by atoms with Crippen LogP contribution in [0, 0.1) is 0 Å². The molecule has 4 nitrogen and oxygen atoms in total. The summed E-state index contributed by atoms with van der Waals surface area (Å²) in [5.74, 6) is -0.841. The molecule has 1 aromatic heterocycles. The number of nitrogens with two attached hydrogens (primary N) is 1. The van der Waals surface area contributed by atoms with Gasteiger partial charge in [-0.3, -0.25) is 4.79 Å². The first kappa shape index (κ1) is 14.7. The second-order valence-corrected chi connectivity index (χ2v) is 7.46. The van der Waals surface area contributed by atoms with Crippen molar-refractivity contribution < 1.29 is 13.2 Å². The van der Waals surface area contributed by atoms with Gasteiger partial charge < -0.3 is 5.73 Å². The molecule has 106 valence electrons. The first-order chi connectivity index (χ1) is 9.46. The molecule has 0 fully saturated rings. The number of hydrogen-bond donors (Lipinski definition) is 1. The summed E-state index contributed by atoms with van der Waals surface area (Å²) in [5, 5.41) is 1.74. The summed E-state index contributed by atoms with van der Waals surface area (Å²) < 4.78 is 24.2. The van der Waals surface area contributed by atoms with Crippen LogP contribution in [0.4, 0.5) is 0 Å². The first-order valence-corrected chi connectivity index (χ1v) is 8.46. The van der Waals surface area contributed by atoms with Crippen LogP contribution in [0.3, 0.4) is 0 Å². The van der Waals surface area contributed by atoms with E-state index in [2.05, 4.69) is 0 Å². The highest BCUT2D eigenvalue weighted by molar-refractivity contribution is 7.93. The van der Waals surface area contributed by atoms with E-state index in [1.165, 1.54) is 23.5 Å². The van der Waals surface area contributed by atoms with Crippen molar-refractivity contribution in [1.82, 2.24) is 0 Å². The average Bonchev–Trinajstić information content (AvgIpc) is 2.95. The molecule has 0 spiro atoms. The van der Waals surface area contributed by atoms with Crippen molar-refractivity contribution in [1.29, 1.82) is 0 Å². The minimum Gasteiger partial charge on any atom is -0.368 e. The molecule has 1 aromatic carbocycles. The van der Waals surface area contributed by atoms with Gasteiger partial charge in [0.15, 0.2) is 14.6 Å². The zero-order valence-corrected chi connectivity index (χ0v) is 12.6. The number of hydrogen-bond acceptors (Lipinski definition) is 4. The summed E-state index contributed by atoms with van der Waals surface area (Å²) in [6.45, 7) is 1.66. The number of sulfone groups is 1. The van der Waals surface area contributed by atoms with Gasteiger partial charge in [0.1, 0.15) is 0 Å². The Labute approximate surface area is 122 Å². The van der Waals surface area contributed by atoms with Crippen LogP contribution in [0.2, 0.25) is 0 Å². The summed E-state index contributed by atoms with van der Waals surface area (Å²) in [6, 6.07) is 11.3. The van der Waals surface area contributed by atoms with E-state index in [4.69, 9.17) is 5.73 Å². The van der Waals surface area contributed by atoms with Crippen LogP contribution in [0.25, 0.3) is 0 Å². The SMILES string of the molecule is CCC(C(N)=O)(c1cccs1)S(=O)(=O)c1ccccc1. The lowest BCUT2D eigenvalue weighted by Gasteiger charge is -2.28. The minimum absolute atomic E-state index is 0.0973. The van der Waals surface area contributed by atoms with Gasteiger partial charge in [0.05, 0.1) is 4.90 Å². The maximum Gasteiger partial charge on any atom is 0.244 e. The van der Waals surface area contributed by atoms with E-state index in [1.807, 2.05) is 0 Å². The van der Waals surface area contributed by atoms with Crippen molar-refractivity contribution in [2.75, 3.05) is 0 Å². The van der Waals surface area contributed by atoms with Gasteiger partial charge in [0.25, 0.3) is 0 Å². The van der Waals surface area contributed by atoms with E-state index in [-0.39, 0.29) is 11.3 Å². The van der Waals surface area contributed by atoms with Gasteiger partial charge >= 0.3 is 0 Å². The molecule has 2 N–H and O–H groups in total. The number of carbonyl (C=O) groups is 1. The van der Waals surface area contributed by atoms with Crippen molar-refractivity contribution >= 4 is 27.1 Å². The highest BCUT2D eigenvalue weighted by Gasteiger charge is 2.51. The van der Waals surface area contributed by atoms with Crippen molar-refractivity contribution in [3.8, 4) is 0 Å². The highest BCUT2D eigenvalue weighted by Crippen LogP contribution is 2.40. The standard InChI is InChI=1S/C14H15NO3S2/c1-2-14(13(15)16,12-9-6-10-19-12)20(17,18)11-7-4-3-5-8-11/h3-10H,2H2,1H3,(H2,15,16). The minimum atomic E-state index is -3.90. The van der Waals surface area contributed by atoms with E-state index in [9.17, 15) is 13.2 Å². The van der Waals surface area contributed by atoms with Crippen molar-refractivity contribution in [2.45, 2.75) is 23.0 Å². The Morgan fingerprint density at radius 1 is 1.20 bits per heavy atom. The van der Waals surface area contributed by atoms with E-state index in [1.54, 1.807) is 42.6 Å². The number of rotatable bonds is 5. The molecule has 1 unspecified atom stereocenters. The van der Waals surface area contributed by atoms with Gasteiger partial charge in [0.2, 0.25) is 5.91 Å². The highest BCUT2D eigenvalue weighted by atomic mass is 32.2.